The summed E-state index contributed by atoms with van der Waals surface area (Å²) in [5.41, 5.74) is 6.45. The Morgan fingerprint density at radius 1 is 1.43 bits per heavy atom. The first-order valence-electron chi connectivity index (χ1n) is 6.65. The van der Waals surface area contributed by atoms with Gasteiger partial charge in [0.1, 0.15) is 5.82 Å². The van der Waals surface area contributed by atoms with E-state index in [0.29, 0.717) is 17.7 Å². The Bertz CT molecular complexity index is 532. The summed E-state index contributed by atoms with van der Waals surface area (Å²) in [5, 5.41) is 17.4. The van der Waals surface area contributed by atoms with Crippen LogP contribution in [0.3, 0.4) is 0 Å². The maximum absolute atomic E-state index is 13.2. The number of benzene rings is 1. The average Bonchev–Trinajstić information content (AvgIpc) is 2.43. The molecule has 0 saturated heterocycles. The first-order chi connectivity index (χ1) is 9.85. The van der Waals surface area contributed by atoms with Crippen molar-refractivity contribution in [1.82, 2.24) is 10.6 Å². The lowest BCUT2D eigenvalue weighted by atomic mass is 10.1. The van der Waals surface area contributed by atoms with Crippen LogP contribution in [-0.4, -0.2) is 29.0 Å². The Labute approximate surface area is 123 Å². The summed E-state index contributed by atoms with van der Waals surface area (Å²) in [7, 11) is 0. The topological polar surface area (TPSA) is 99.7 Å². The van der Waals surface area contributed by atoms with Crippen LogP contribution >= 0.6 is 0 Å². The van der Waals surface area contributed by atoms with Crippen molar-refractivity contribution in [3.05, 3.63) is 35.1 Å². The minimum Gasteiger partial charge on any atom is -0.409 e. The van der Waals surface area contributed by atoms with Gasteiger partial charge in [-0.3, -0.25) is 4.79 Å². The third-order valence-corrected chi connectivity index (χ3v) is 2.88. The standard InChI is InChI=1S/C14H21FN4O2/c1-8(2)18-14(20)9(3)17-7-10-4-5-11(15)6-12(10)13(16)19-21/h4-6,8-9,17,21H,7H2,1-3H3,(H2,16,19)(H,18,20). The van der Waals surface area contributed by atoms with Crippen LogP contribution in [0.2, 0.25) is 0 Å². The van der Waals surface area contributed by atoms with Crippen LogP contribution in [0.15, 0.2) is 23.4 Å². The Morgan fingerprint density at radius 2 is 2.10 bits per heavy atom. The number of oxime groups is 1. The smallest absolute Gasteiger partial charge is 0.237 e. The lowest BCUT2D eigenvalue weighted by Crippen LogP contribution is -2.44. The highest BCUT2D eigenvalue weighted by Gasteiger charge is 2.15. The number of amides is 1. The van der Waals surface area contributed by atoms with Gasteiger partial charge >= 0.3 is 0 Å². The number of hydrogen-bond acceptors (Lipinski definition) is 4. The van der Waals surface area contributed by atoms with Gasteiger partial charge in [0.05, 0.1) is 6.04 Å². The van der Waals surface area contributed by atoms with Crippen LogP contribution in [0.1, 0.15) is 31.9 Å². The van der Waals surface area contributed by atoms with Crippen molar-refractivity contribution in [2.45, 2.75) is 39.4 Å². The van der Waals surface area contributed by atoms with Crippen LogP contribution in [0.4, 0.5) is 4.39 Å². The van der Waals surface area contributed by atoms with Crippen molar-refractivity contribution < 1.29 is 14.4 Å². The van der Waals surface area contributed by atoms with Gasteiger partial charge in [-0.2, -0.15) is 0 Å². The van der Waals surface area contributed by atoms with Crippen LogP contribution in [0.25, 0.3) is 0 Å². The number of hydrogen-bond donors (Lipinski definition) is 4. The lowest BCUT2D eigenvalue weighted by molar-refractivity contribution is -0.123. The largest absolute Gasteiger partial charge is 0.409 e. The van der Waals surface area contributed by atoms with E-state index in [1.165, 1.54) is 18.2 Å². The molecule has 7 heteroatoms. The van der Waals surface area contributed by atoms with Gasteiger partial charge < -0.3 is 21.6 Å². The first-order valence-corrected chi connectivity index (χ1v) is 6.65. The Balaban J connectivity index is 2.78. The molecule has 1 rings (SSSR count). The number of halogens is 1. The van der Waals surface area contributed by atoms with E-state index in [4.69, 9.17) is 10.9 Å². The van der Waals surface area contributed by atoms with Crippen LogP contribution in [0, 0.1) is 5.82 Å². The van der Waals surface area contributed by atoms with Crippen molar-refractivity contribution in [2.75, 3.05) is 0 Å². The van der Waals surface area contributed by atoms with E-state index in [-0.39, 0.29) is 17.8 Å². The van der Waals surface area contributed by atoms with Crippen molar-refractivity contribution in [1.29, 1.82) is 0 Å². The van der Waals surface area contributed by atoms with Crippen molar-refractivity contribution >= 4 is 11.7 Å². The predicted octanol–water partition coefficient (Wildman–Crippen LogP) is 0.923. The lowest BCUT2D eigenvalue weighted by Gasteiger charge is -2.17. The summed E-state index contributed by atoms with van der Waals surface area (Å²) < 4.78 is 13.2. The molecule has 0 heterocycles. The molecule has 0 aliphatic carbocycles. The van der Waals surface area contributed by atoms with Crippen LogP contribution in [0.5, 0.6) is 0 Å². The fourth-order valence-corrected chi connectivity index (χ4v) is 1.76. The molecule has 1 atom stereocenters. The number of carbonyl (C=O) groups is 1. The van der Waals surface area contributed by atoms with E-state index in [1.54, 1.807) is 6.92 Å². The van der Waals surface area contributed by atoms with Gasteiger partial charge in [-0.05, 0) is 38.5 Å². The van der Waals surface area contributed by atoms with Gasteiger partial charge in [0, 0.05) is 18.2 Å². The summed E-state index contributed by atoms with van der Waals surface area (Å²) in [5.74, 6) is -0.783. The number of nitrogens with zero attached hydrogens (tertiary/aromatic N) is 1. The maximum atomic E-state index is 13.2. The molecule has 0 bridgehead atoms. The molecule has 0 aromatic heterocycles. The second kappa shape index (κ2) is 7.58. The molecular formula is C14H21FN4O2. The molecule has 0 aliphatic rings. The molecule has 0 radical (unpaired) electrons. The zero-order valence-corrected chi connectivity index (χ0v) is 12.4. The van der Waals surface area contributed by atoms with Gasteiger partial charge in [-0.25, -0.2) is 4.39 Å². The molecule has 116 valence electrons. The van der Waals surface area contributed by atoms with Crippen molar-refractivity contribution in [2.24, 2.45) is 10.9 Å². The normalized spacial score (nSPS) is 13.3. The molecule has 1 aromatic rings. The van der Waals surface area contributed by atoms with Gasteiger partial charge in [0.2, 0.25) is 5.91 Å². The minimum atomic E-state index is -0.481. The third kappa shape index (κ3) is 5.03. The molecule has 6 nitrogen and oxygen atoms in total. The second-order valence-electron chi connectivity index (χ2n) is 5.05. The number of nitrogens with two attached hydrogens (primary N) is 1. The van der Waals surface area contributed by atoms with E-state index < -0.39 is 11.9 Å². The van der Waals surface area contributed by atoms with E-state index in [1.807, 2.05) is 13.8 Å². The molecule has 1 amide bonds. The molecular weight excluding hydrogens is 275 g/mol. The van der Waals surface area contributed by atoms with Gasteiger partial charge in [-0.15, -0.1) is 0 Å². The van der Waals surface area contributed by atoms with Crippen molar-refractivity contribution in [3.63, 3.8) is 0 Å². The summed E-state index contributed by atoms with van der Waals surface area (Å²) in [6.07, 6.45) is 0. The van der Waals surface area contributed by atoms with Gasteiger partial charge in [0.15, 0.2) is 5.84 Å². The third-order valence-electron chi connectivity index (χ3n) is 2.88. The Hall–Kier alpha value is -2.15. The fourth-order valence-electron chi connectivity index (χ4n) is 1.76. The summed E-state index contributed by atoms with van der Waals surface area (Å²) >= 11 is 0. The number of rotatable bonds is 6. The van der Waals surface area contributed by atoms with E-state index in [2.05, 4.69) is 15.8 Å². The van der Waals surface area contributed by atoms with Crippen LogP contribution < -0.4 is 16.4 Å². The molecule has 1 unspecified atom stereocenters. The molecule has 21 heavy (non-hydrogen) atoms. The fraction of sp³-hybridized carbons (Fsp3) is 0.429. The Kier molecular flexibility index (Phi) is 6.10. The quantitative estimate of drug-likeness (QED) is 0.271. The van der Waals surface area contributed by atoms with Crippen LogP contribution in [-0.2, 0) is 11.3 Å². The maximum Gasteiger partial charge on any atom is 0.237 e. The highest BCUT2D eigenvalue weighted by Crippen LogP contribution is 2.11. The molecule has 0 aliphatic heterocycles. The van der Waals surface area contributed by atoms with E-state index in [9.17, 15) is 9.18 Å². The zero-order chi connectivity index (χ0) is 16.0. The van der Waals surface area contributed by atoms with Gasteiger partial charge in [0.25, 0.3) is 0 Å². The Morgan fingerprint density at radius 3 is 2.67 bits per heavy atom. The number of amidine groups is 1. The molecule has 1 aromatic carbocycles. The molecule has 0 saturated carbocycles. The van der Waals surface area contributed by atoms with E-state index in [0.717, 1.165) is 0 Å². The average molecular weight is 296 g/mol. The second-order valence-corrected chi connectivity index (χ2v) is 5.05. The summed E-state index contributed by atoms with van der Waals surface area (Å²) in [6.45, 7) is 5.77. The molecule has 0 fully saturated rings. The highest BCUT2D eigenvalue weighted by atomic mass is 19.1. The number of nitrogens with one attached hydrogen (secondary N) is 2. The monoisotopic (exact) mass is 296 g/mol. The zero-order valence-electron chi connectivity index (χ0n) is 12.4. The summed E-state index contributed by atoms with van der Waals surface area (Å²) in [4.78, 5) is 11.8. The highest BCUT2D eigenvalue weighted by molar-refractivity contribution is 5.98. The van der Waals surface area contributed by atoms with Gasteiger partial charge in [-0.1, -0.05) is 11.2 Å². The molecule has 5 N–H and O–H groups in total. The predicted molar refractivity (Wildman–Crippen MR) is 78.5 cm³/mol. The van der Waals surface area contributed by atoms with E-state index >= 15 is 0 Å². The molecule has 0 spiro atoms. The summed E-state index contributed by atoms with van der Waals surface area (Å²) in [6, 6.07) is 3.63. The van der Waals surface area contributed by atoms with Crippen molar-refractivity contribution in [3.8, 4) is 0 Å². The first kappa shape index (κ1) is 16.9. The SMILES string of the molecule is CC(C)NC(=O)C(C)NCc1ccc(F)cc1/C(N)=N/O. The minimum absolute atomic E-state index is 0.0558. The number of carbonyl (C=O) groups excluding carboxylic acids is 1.